The SMILES string of the molecule is O=C(NC1(C(=O)O)CCCCC1)c1ccncc1. The van der Waals surface area contributed by atoms with Gasteiger partial charge in [-0.25, -0.2) is 4.79 Å². The van der Waals surface area contributed by atoms with Crippen molar-refractivity contribution in [1.82, 2.24) is 10.3 Å². The number of carboxylic acids is 1. The first kappa shape index (κ1) is 12.5. The van der Waals surface area contributed by atoms with Crippen LogP contribution in [0.2, 0.25) is 0 Å². The molecule has 1 aromatic heterocycles. The fourth-order valence-corrected chi connectivity index (χ4v) is 2.34. The first-order valence-corrected chi connectivity index (χ1v) is 6.10. The van der Waals surface area contributed by atoms with E-state index < -0.39 is 11.5 Å². The highest BCUT2D eigenvalue weighted by Gasteiger charge is 2.41. The van der Waals surface area contributed by atoms with Gasteiger partial charge in [-0.15, -0.1) is 0 Å². The lowest BCUT2D eigenvalue weighted by atomic mass is 9.81. The molecule has 18 heavy (non-hydrogen) atoms. The van der Waals surface area contributed by atoms with Gasteiger partial charge in [-0.3, -0.25) is 9.78 Å². The van der Waals surface area contributed by atoms with Gasteiger partial charge in [-0.2, -0.15) is 0 Å². The summed E-state index contributed by atoms with van der Waals surface area (Å²) >= 11 is 0. The average Bonchev–Trinajstić information content (AvgIpc) is 2.40. The Hall–Kier alpha value is -1.91. The Morgan fingerprint density at radius 3 is 2.33 bits per heavy atom. The second-order valence-electron chi connectivity index (χ2n) is 4.64. The third-order valence-corrected chi connectivity index (χ3v) is 3.41. The summed E-state index contributed by atoms with van der Waals surface area (Å²) in [7, 11) is 0. The maximum absolute atomic E-state index is 12.0. The third kappa shape index (κ3) is 2.50. The predicted octanol–water partition coefficient (Wildman–Crippen LogP) is 1.60. The molecular formula is C13H16N2O3. The molecule has 1 fully saturated rings. The van der Waals surface area contributed by atoms with E-state index in [4.69, 9.17) is 0 Å². The van der Waals surface area contributed by atoms with Crippen molar-refractivity contribution < 1.29 is 14.7 Å². The van der Waals surface area contributed by atoms with E-state index in [1.807, 2.05) is 0 Å². The molecule has 0 unspecified atom stereocenters. The monoisotopic (exact) mass is 248 g/mol. The molecular weight excluding hydrogens is 232 g/mol. The van der Waals surface area contributed by atoms with Crippen molar-refractivity contribution in [3.63, 3.8) is 0 Å². The average molecular weight is 248 g/mol. The summed E-state index contributed by atoms with van der Waals surface area (Å²) in [6.07, 6.45) is 6.73. The molecule has 1 heterocycles. The van der Waals surface area contributed by atoms with Crippen LogP contribution >= 0.6 is 0 Å². The van der Waals surface area contributed by atoms with Crippen LogP contribution in [0.4, 0.5) is 0 Å². The number of carbonyl (C=O) groups excluding carboxylic acids is 1. The summed E-state index contributed by atoms with van der Waals surface area (Å²) in [5.74, 6) is -1.29. The van der Waals surface area contributed by atoms with E-state index in [1.165, 1.54) is 12.4 Å². The third-order valence-electron chi connectivity index (χ3n) is 3.41. The highest BCUT2D eigenvalue weighted by atomic mass is 16.4. The van der Waals surface area contributed by atoms with Gasteiger partial charge in [0.25, 0.3) is 5.91 Å². The van der Waals surface area contributed by atoms with Gasteiger partial charge in [-0.1, -0.05) is 19.3 Å². The van der Waals surface area contributed by atoms with E-state index in [1.54, 1.807) is 12.1 Å². The lowest BCUT2D eigenvalue weighted by Crippen LogP contribution is -2.55. The van der Waals surface area contributed by atoms with E-state index in [0.29, 0.717) is 18.4 Å². The minimum absolute atomic E-state index is 0.346. The molecule has 1 saturated carbocycles. The smallest absolute Gasteiger partial charge is 0.329 e. The van der Waals surface area contributed by atoms with Crippen LogP contribution < -0.4 is 5.32 Å². The van der Waals surface area contributed by atoms with E-state index in [2.05, 4.69) is 10.3 Å². The van der Waals surface area contributed by atoms with Crippen molar-refractivity contribution in [3.05, 3.63) is 30.1 Å². The fraction of sp³-hybridized carbons (Fsp3) is 0.462. The van der Waals surface area contributed by atoms with Crippen LogP contribution in [0.15, 0.2) is 24.5 Å². The van der Waals surface area contributed by atoms with Gasteiger partial charge < -0.3 is 10.4 Å². The number of nitrogens with one attached hydrogen (secondary N) is 1. The van der Waals surface area contributed by atoms with Crippen molar-refractivity contribution in [1.29, 1.82) is 0 Å². The highest BCUT2D eigenvalue weighted by molar-refractivity contribution is 5.97. The number of hydrogen-bond acceptors (Lipinski definition) is 3. The Morgan fingerprint density at radius 1 is 1.17 bits per heavy atom. The zero-order chi connectivity index (χ0) is 13.0. The van der Waals surface area contributed by atoms with Gasteiger partial charge in [0.2, 0.25) is 0 Å². The minimum Gasteiger partial charge on any atom is -0.480 e. The van der Waals surface area contributed by atoms with Gasteiger partial charge in [0, 0.05) is 18.0 Å². The van der Waals surface area contributed by atoms with Gasteiger partial charge in [-0.05, 0) is 25.0 Å². The summed E-state index contributed by atoms with van der Waals surface area (Å²) in [6, 6.07) is 3.15. The first-order chi connectivity index (χ1) is 8.64. The Kier molecular flexibility index (Phi) is 3.60. The summed E-state index contributed by atoms with van der Waals surface area (Å²) in [6.45, 7) is 0. The molecule has 0 saturated heterocycles. The number of pyridine rings is 1. The molecule has 0 spiro atoms. The van der Waals surface area contributed by atoms with Crippen molar-refractivity contribution in [2.24, 2.45) is 0 Å². The molecule has 0 aromatic carbocycles. The van der Waals surface area contributed by atoms with Crippen molar-refractivity contribution in [2.45, 2.75) is 37.6 Å². The Morgan fingerprint density at radius 2 is 1.78 bits per heavy atom. The summed E-state index contributed by atoms with van der Waals surface area (Å²) in [4.78, 5) is 27.3. The fourth-order valence-electron chi connectivity index (χ4n) is 2.34. The Balaban J connectivity index is 2.15. The van der Waals surface area contributed by atoms with E-state index in [-0.39, 0.29) is 5.91 Å². The number of amides is 1. The van der Waals surface area contributed by atoms with Gasteiger partial charge in [0.15, 0.2) is 0 Å². The topological polar surface area (TPSA) is 79.3 Å². The molecule has 0 bridgehead atoms. The van der Waals surface area contributed by atoms with Gasteiger partial charge in [0.05, 0.1) is 0 Å². The second-order valence-corrected chi connectivity index (χ2v) is 4.64. The molecule has 2 rings (SSSR count). The number of carbonyl (C=O) groups is 2. The van der Waals surface area contributed by atoms with Crippen LogP contribution in [0.1, 0.15) is 42.5 Å². The van der Waals surface area contributed by atoms with Gasteiger partial charge in [0.1, 0.15) is 5.54 Å². The molecule has 5 nitrogen and oxygen atoms in total. The molecule has 0 aliphatic heterocycles. The largest absolute Gasteiger partial charge is 0.480 e. The standard InChI is InChI=1S/C13H16N2O3/c16-11(10-4-8-14-9-5-10)15-13(12(17)18)6-2-1-3-7-13/h4-5,8-9H,1-3,6-7H2,(H,15,16)(H,17,18). The lowest BCUT2D eigenvalue weighted by molar-refractivity contribution is -0.145. The molecule has 0 atom stereocenters. The molecule has 1 aliphatic rings. The molecule has 5 heteroatoms. The predicted molar refractivity (Wildman–Crippen MR) is 65.2 cm³/mol. The molecule has 96 valence electrons. The van der Waals surface area contributed by atoms with E-state index >= 15 is 0 Å². The van der Waals surface area contributed by atoms with Crippen molar-refractivity contribution in [2.75, 3.05) is 0 Å². The highest BCUT2D eigenvalue weighted by Crippen LogP contribution is 2.28. The minimum atomic E-state index is -1.10. The zero-order valence-electron chi connectivity index (χ0n) is 10.1. The summed E-state index contributed by atoms with van der Waals surface area (Å²) < 4.78 is 0. The second kappa shape index (κ2) is 5.16. The molecule has 1 aromatic rings. The normalized spacial score (nSPS) is 18.0. The van der Waals surface area contributed by atoms with Crippen molar-refractivity contribution in [3.8, 4) is 0 Å². The van der Waals surface area contributed by atoms with E-state index in [9.17, 15) is 14.7 Å². The van der Waals surface area contributed by atoms with Crippen LogP contribution in [0.25, 0.3) is 0 Å². The summed E-state index contributed by atoms with van der Waals surface area (Å²) in [5, 5.41) is 12.0. The maximum Gasteiger partial charge on any atom is 0.329 e. The number of hydrogen-bond donors (Lipinski definition) is 2. The molecule has 2 N–H and O–H groups in total. The quantitative estimate of drug-likeness (QED) is 0.851. The van der Waals surface area contributed by atoms with Crippen LogP contribution in [0.3, 0.4) is 0 Å². The number of aliphatic carboxylic acids is 1. The van der Waals surface area contributed by atoms with Crippen LogP contribution in [-0.2, 0) is 4.79 Å². The summed E-state index contributed by atoms with van der Waals surface area (Å²) in [5.41, 5.74) is -0.658. The zero-order valence-corrected chi connectivity index (χ0v) is 10.1. The number of rotatable bonds is 3. The Bertz CT molecular complexity index is 439. The lowest BCUT2D eigenvalue weighted by Gasteiger charge is -2.33. The van der Waals surface area contributed by atoms with Crippen LogP contribution in [0.5, 0.6) is 0 Å². The van der Waals surface area contributed by atoms with Crippen molar-refractivity contribution >= 4 is 11.9 Å². The molecule has 1 aliphatic carbocycles. The number of nitrogens with zero attached hydrogens (tertiary/aromatic N) is 1. The Labute approximate surface area is 105 Å². The van der Waals surface area contributed by atoms with Crippen LogP contribution in [0, 0.1) is 0 Å². The van der Waals surface area contributed by atoms with E-state index in [0.717, 1.165) is 19.3 Å². The molecule has 1 amide bonds. The number of carboxylic acid groups (broad SMARTS) is 1. The number of aromatic nitrogens is 1. The van der Waals surface area contributed by atoms with Gasteiger partial charge >= 0.3 is 5.97 Å². The van der Waals surface area contributed by atoms with Crippen LogP contribution in [-0.4, -0.2) is 27.5 Å². The first-order valence-electron chi connectivity index (χ1n) is 6.10. The maximum atomic E-state index is 12.0. The molecule has 0 radical (unpaired) electrons.